The number of ether oxygens (including phenoxy) is 2. The number of carbonyl (C=O) groups excluding carboxylic acids is 2. The van der Waals surface area contributed by atoms with Crippen LogP contribution in [0.5, 0.6) is 11.5 Å². The summed E-state index contributed by atoms with van der Waals surface area (Å²) in [5.41, 5.74) is 15.9. The van der Waals surface area contributed by atoms with Crippen molar-refractivity contribution in [3.05, 3.63) is 35.1 Å². The lowest BCUT2D eigenvalue weighted by Crippen LogP contribution is -2.40. The lowest BCUT2D eigenvalue weighted by Gasteiger charge is -2.34. The minimum Gasteiger partial charge on any atom is -0.463 e. The van der Waals surface area contributed by atoms with E-state index in [1.807, 2.05) is 40.7 Å². The Hall–Kier alpha value is -2.32. The number of benzene rings is 2. The third-order valence-electron chi connectivity index (χ3n) is 7.54. The Bertz CT molecular complexity index is 1350. The van der Waals surface area contributed by atoms with E-state index in [9.17, 15) is 9.59 Å². The molecule has 0 amide bonds. The van der Waals surface area contributed by atoms with Gasteiger partial charge in [-0.2, -0.15) is 0 Å². The van der Waals surface area contributed by atoms with Crippen molar-refractivity contribution in [3.63, 3.8) is 0 Å². The summed E-state index contributed by atoms with van der Waals surface area (Å²) in [7, 11) is 0. The van der Waals surface area contributed by atoms with E-state index in [4.69, 9.17) is 25.4 Å². The van der Waals surface area contributed by atoms with E-state index >= 15 is 0 Å². The first-order valence-electron chi connectivity index (χ1n) is 12.8. The third kappa shape index (κ3) is 5.53. The number of hydrogen-bond acceptors (Lipinski definition) is 7. The van der Waals surface area contributed by atoms with Crippen molar-refractivity contribution in [2.45, 2.75) is 85.2 Å². The monoisotopic (exact) mass is 566 g/mol. The number of carbonyl (C=O) groups is 2. The lowest BCUT2D eigenvalue weighted by atomic mass is 9.71. The van der Waals surface area contributed by atoms with Crippen LogP contribution in [0.4, 0.5) is 0 Å². The van der Waals surface area contributed by atoms with Gasteiger partial charge in [-0.3, -0.25) is 0 Å². The Morgan fingerprint density at radius 3 is 1.97 bits per heavy atom. The predicted octanol–water partition coefficient (Wildman–Crippen LogP) is 6.13. The molecular weight excluding hydrogens is 527 g/mol. The van der Waals surface area contributed by atoms with Crippen LogP contribution in [-0.4, -0.2) is 24.0 Å². The van der Waals surface area contributed by atoms with E-state index in [1.54, 1.807) is 6.26 Å². The van der Waals surface area contributed by atoms with Crippen molar-refractivity contribution >= 4 is 58.5 Å². The van der Waals surface area contributed by atoms with Crippen molar-refractivity contribution in [1.82, 2.24) is 0 Å². The van der Waals surface area contributed by atoms with E-state index < -0.39 is 24.0 Å². The fourth-order valence-electron chi connectivity index (χ4n) is 5.06. The molecule has 0 aliphatic heterocycles. The van der Waals surface area contributed by atoms with Gasteiger partial charge >= 0.3 is 11.9 Å². The van der Waals surface area contributed by atoms with Crippen LogP contribution in [0.15, 0.2) is 22.8 Å². The van der Waals surface area contributed by atoms with Crippen molar-refractivity contribution in [2.24, 2.45) is 23.3 Å². The number of halogens is 2. The number of fused-ring (bicyclic) bond motifs is 5. The van der Waals surface area contributed by atoms with Gasteiger partial charge in [0.15, 0.2) is 11.5 Å². The van der Waals surface area contributed by atoms with Gasteiger partial charge in [0.2, 0.25) is 0 Å². The quantitative estimate of drug-likeness (QED) is 0.272. The zero-order chi connectivity index (χ0) is 26.5. The number of esters is 2. The van der Waals surface area contributed by atoms with Gasteiger partial charge in [0, 0.05) is 10.8 Å². The Labute approximate surface area is 236 Å². The fourth-order valence-corrected chi connectivity index (χ4v) is 5.06. The molecule has 0 spiro atoms. The topological polar surface area (TPSA) is 118 Å². The van der Waals surface area contributed by atoms with Gasteiger partial charge in [-0.15, -0.1) is 24.8 Å². The first-order chi connectivity index (χ1) is 16.8. The van der Waals surface area contributed by atoms with Gasteiger partial charge in [0.1, 0.15) is 17.7 Å². The molecule has 2 atom stereocenters. The average molecular weight is 568 g/mol. The second-order valence-electron chi connectivity index (χ2n) is 11.4. The molecule has 4 N–H and O–H groups in total. The van der Waals surface area contributed by atoms with E-state index in [-0.39, 0.29) is 53.6 Å². The summed E-state index contributed by atoms with van der Waals surface area (Å²) in [6.45, 7) is 13.7. The molecule has 0 saturated heterocycles. The molecule has 3 aromatic rings. The summed E-state index contributed by atoms with van der Waals surface area (Å²) >= 11 is 0. The molecule has 0 fully saturated rings. The molecular formula is C29H40Cl2N2O5. The molecule has 9 heteroatoms. The normalized spacial score (nSPS) is 16.0. The maximum atomic E-state index is 13.2. The number of nitrogens with two attached hydrogens (primary N) is 2. The second-order valence-corrected chi connectivity index (χ2v) is 11.4. The van der Waals surface area contributed by atoms with Crippen LogP contribution in [-0.2, 0) is 21.4 Å². The zero-order valence-electron chi connectivity index (χ0n) is 23.2. The Morgan fingerprint density at radius 2 is 1.45 bits per heavy atom. The van der Waals surface area contributed by atoms with Crippen LogP contribution in [0.25, 0.3) is 21.7 Å². The maximum absolute atomic E-state index is 13.2. The number of aryl methyl sites for hydroxylation is 2. The van der Waals surface area contributed by atoms with Crippen LogP contribution < -0.4 is 20.9 Å². The molecule has 4 rings (SSSR count). The fraction of sp³-hybridized carbons (Fsp3) is 0.517. The lowest BCUT2D eigenvalue weighted by molar-refractivity contribution is -0.139. The van der Waals surface area contributed by atoms with E-state index in [0.29, 0.717) is 11.0 Å². The number of rotatable bonds is 6. The SMILES string of the molecule is Cc1coc2c1c(OC(=O)C(N)C(C)C)c(OC(=O)C(N)C(C)C)c1c3c(ccc12)C(C)(C)CCC3.Cl.Cl. The Kier molecular flexibility index (Phi) is 9.92. The van der Waals surface area contributed by atoms with Gasteiger partial charge in [-0.05, 0) is 60.1 Å². The largest absolute Gasteiger partial charge is 0.463 e. The van der Waals surface area contributed by atoms with Crippen LogP contribution in [0.2, 0.25) is 0 Å². The molecule has 0 saturated carbocycles. The van der Waals surface area contributed by atoms with Crippen molar-refractivity contribution in [1.29, 1.82) is 0 Å². The number of furan rings is 1. The van der Waals surface area contributed by atoms with E-state index in [2.05, 4.69) is 19.9 Å². The summed E-state index contributed by atoms with van der Waals surface area (Å²) in [4.78, 5) is 26.3. The predicted molar refractivity (Wildman–Crippen MR) is 156 cm³/mol. The summed E-state index contributed by atoms with van der Waals surface area (Å²) < 4.78 is 18.0. The highest BCUT2D eigenvalue weighted by Gasteiger charge is 2.34. The molecule has 210 valence electrons. The minimum absolute atomic E-state index is 0. The second kappa shape index (κ2) is 11.8. The standard InChI is InChI=1S/C29H38N2O5.2ClH/c1-14(2)22(30)27(32)35-25-20-16(5)13-34-24(20)18-10-11-19-17(9-8-12-29(19,6)7)21(18)26(25)36-28(33)23(31)15(3)4;;/h10-11,13-15,22-23H,8-9,12,30-31H2,1-7H3;2*1H. The van der Waals surface area contributed by atoms with Crippen molar-refractivity contribution < 1.29 is 23.5 Å². The smallest absolute Gasteiger partial charge is 0.328 e. The molecule has 1 aliphatic rings. The van der Waals surface area contributed by atoms with Crippen molar-refractivity contribution in [2.75, 3.05) is 0 Å². The molecule has 1 heterocycles. The molecule has 1 aromatic heterocycles. The molecule has 1 aliphatic carbocycles. The first kappa shape index (κ1) is 31.9. The summed E-state index contributed by atoms with van der Waals surface area (Å²) in [5, 5.41) is 2.12. The van der Waals surface area contributed by atoms with E-state index in [1.165, 1.54) is 5.56 Å². The zero-order valence-corrected chi connectivity index (χ0v) is 24.8. The highest BCUT2D eigenvalue weighted by atomic mass is 35.5. The Balaban J connectivity index is 0.00000253. The van der Waals surface area contributed by atoms with Gasteiger partial charge in [-0.1, -0.05) is 53.7 Å². The summed E-state index contributed by atoms with van der Waals surface area (Å²) in [6.07, 6.45) is 4.46. The average Bonchev–Trinajstić information content (AvgIpc) is 3.20. The molecule has 0 radical (unpaired) electrons. The maximum Gasteiger partial charge on any atom is 0.328 e. The van der Waals surface area contributed by atoms with Crippen LogP contribution in [0.3, 0.4) is 0 Å². The minimum atomic E-state index is -0.840. The molecule has 0 bridgehead atoms. The van der Waals surface area contributed by atoms with E-state index in [0.717, 1.165) is 41.2 Å². The highest BCUT2D eigenvalue weighted by Crippen LogP contribution is 2.50. The van der Waals surface area contributed by atoms with Crippen LogP contribution >= 0.6 is 24.8 Å². The van der Waals surface area contributed by atoms with Gasteiger partial charge in [-0.25, -0.2) is 9.59 Å². The molecule has 2 unspecified atom stereocenters. The summed E-state index contributed by atoms with van der Waals surface area (Å²) in [5.74, 6) is -1.07. The van der Waals surface area contributed by atoms with Gasteiger partial charge < -0.3 is 25.4 Å². The van der Waals surface area contributed by atoms with Crippen molar-refractivity contribution in [3.8, 4) is 11.5 Å². The van der Waals surface area contributed by atoms with Crippen LogP contribution in [0.1, 0.15) is 71.1 Å². The summed E-state index contributed by atoms with van der Waals surface area (Å²) in [6, 6.07) is 2.48. The third-order valence-corrected chi connectivity index (χ3v) is 7.54. The highest BCUT2D eigenvalue weighted by molar-refractivity contribution is 6.15. The first-order valence-corrected chi connectivity index (χ1v) is 12.8. The molecule has 38 heavy (non-hydrogen) atoms. The molecule has 2 aromatic carbocycles. The van der Waals surface area contributed by atoms with Crippen LogP contribution in [0, 0.1) is 18.8 Å². The van der Waals surface area contributed by atoms with Gasteiger partial charge in [0.25, 0.3) is 0 Å². The number of hydrogen-bond donors (Lipinski definition) is 2. The molecule has 7 nitrogen and oxygen atoms in total. The van der Waals surface area contributed by atoms with Gasteiger partial charge in [0.05, 0.1) is 11.6 Å². The Morgan fingerprint density at radius 1 is 0.921 bits per heavy atom.